The SMILES string of the molecule is COc1cc2c(cc1OC(C)C)CN(c1ccc(C(C)(O)C3CCNCC3)cc1)C(=O)C2.Clc1ccccc1. The van der Waals surface area contributed by atoms with Gasteiger partial charge in [0.05, 0.1) is 31.8 Å². The van der Waals surface area contributed by atoms with Gasteiger partial charge in [-0.2, -0.15) is 0 Å². The number of hydrogen-bond donors (Lipinski definition) is 2. The van der Waals surface area contributed by atoms with Crippen LogP contribution in [0.15, 0.2) is 66.7 Å². The van der Waals surface area contributed by atoms with Crippen LogP contribution in [0.5, 0.6) is 11.5 Å². The molecule has 6 nitrogen and oxygen atoms in total. The van der Waals surface area contributed by atoms with Crippen molar-refractivity contribution < 1.29 is 19.4 Å². The van der Waals surface area contributed by atoms with E-state index >= 15 is 0 Å². The number of carbonyl (C=O) groups is 1. The monoisotopic (exact) mass is 550 g/mol. The molecule has 208 valence electrons. The predicted octanol–water partition coefficient (Wildman–Crippen LogP) is 6.12. The fourth-order valence-electron chi connectivity index (χ4n) is 5.23. The standard InChI is InChI=1S/C26H34N2O4.C6H5Cl/c1-17(2)32-24-14-19-16-28(25(29)15-18(19)13-23(24)31-4)22-7-5-20(6-8-22)26(3,30)21-9-11-27-12-10-21;7-6-4-2-1-3-5-6/h5-8,13-14,17,21,27,30H,9-12,15-16H2,1-4H3;1-5H. The van der Waals surface area contributed by atoms with Crippen molar-refractivity contribution in [2.45, 2.75) is 58.3 Å². The highest BCUT2D eigenvalue weighted by atomic mass is 35.5. The van der Waals surface area contributed by atoms with Crippen LogP contribution in [0.1, 0.15) is 50.3 Å². The molecule has 1 atom stereocenters. The maximum Gasteiger partial charge on any atom is 0.231 e. The molecule has 2 aliphatic rings. The van der Waals surface area contributed by atoms with Gasteiger partial charge in [0.15, 0.2) is 11.5 Å². The molecular formula is C32H39ClN2O4. The highest BCUT2D eigenvalue weighted by Gasteiger charge is 2.34. The zero-order valence-electron chi connectivity index (χ0n) is 23.2. The number of piperidine rings is 1. The highest BCUT2D eigenvalue weighted by molar-refractivity contribution is 6.30. The number of amides is 1. The third-order valence-corrected chi connectivity index (χ3v) is 7.70. The van der Waals surface area contributed by atoms with E-state index in [0.29, 0.717) is 24.5 Å². The Morgan fingerprint density at radius 3 is 2.21 bits per heavy atom. The van der Waals surface area contributed by atoms with Gasteiger partial charge in [-0.05, 0) is 106 Å². The molecule has 2 aliphatic heterocycles. The molecule has 0 spiro atoms. The van der Waals surface area contributed by atoms with E-state index in [1.165, 1.54) is 0 Å². The third kappa shape index (κ3) is 7.13. The van der Waals surface area contributed by atoms with E-state index in [4.69, 9.17) is 21.1 Å². The zero-order chi connectivity index (χ0) is 28.0. The fourth-order valence-corrected chi connectivity index (χ4v) is 5.37. The normalized spacial score (nSPS) is 17.1. The summed E-state index contributed by atoms with van der Waals surface area (Å²) in [5.74, 6) is 1.63. The second kappa shape index (κ2) is 12.9. The van der Waals surface area contributed by atoms with Gasteiger partial charge in [0.25, 0.3) is 0 Å². The van der Waals surface area contributed by atoms with Crippen LogP contribution < -0.4 is 19.7 Å². The first-order chi connectivity index (χ1) is 18.7. The molecule has 1 unspecified atom stereocenters. The molecule has 39 heavy (non-hydrogen) atoms. The molecule has 0 aliphatic carbocycles. The minimum atomic E-state index is -0.876. The number of aliphatic hydroxyl groups is 1. The maximum atomic E-state index is 12.9. The number of ether oxygens (including phenoxy) is 2. The Labute approximate surface area is 236 Å². The van der Waals surface area contributed by atoms with Crippen LogP contribution in [0.25, 0.3) is 0 Å². The minimum absolute atomic E-state index is 0.0311. The van der Waals surface area contributed by atoms with Gasteiger partial charge in [0.1, 0.15) is 0 Å². The molecule has 2 N–H and O–H groups in total. The number of carbonyl (C=O) groups excluding carboxylic acids is 1. The van der Waals surface area contributed by atoms with Crippen molar-refractivity contribution in [3.05, 3.63) is 88.4 Å². The summed E-state index contributed by atoms with van der Waals surface area (Å²) in [6.07, 6.45) is 2.27. The third-order valence-electron chi connectivity index (χ3n) is 7.45. The number of nitrogens with zero attached hydrogens (tertiary/aromatic N) is 1. The van der Waals surface area contributed by atoms with E-state index in [2.05, 4.69) is 5.32 Å². The molecule has 0 saturated carbocycles. The smallest absolute Gasteiger partial charge is 0.231 e. The molecule has 0 aromatic heterocycles. The van der Waals surface area contributed by atoms with Crippen LogP contribution in [0.3, 0.4) is 0 Å². The van der Waals surface area contributed by atoms with Gasteiger partial charge in [-0.15, -0.1) is 0 Å². The van der Waals surface area contributed by atoms with E-state index in [1.807, 2.05) is 87.5 Å². The Hall–Kier alpha value is -3.06. The Balaban J connectivity index is 0.000000438. The molecule has 2 heterocycles. The Kier molecular flexibility index (Phi) is 9.54. The molecule has 1 fully saturated rings. The predicted molar refractivity (Wildman–Crippen MR) is 157 cm³/mol. The molecule has 7 heteroatoms. The van der Waals surface area contributed by atoms with E-state index in [9.17, 15) is 9.90 Å². The molecule has 0 bridgehead atoms. The van der Waals surface area contributed by atoms with Crippen LogP contribution in [-0.2, 0) is 23.4 Å². The number of nitrogens with one attached hydrogen (secondary N) is 1. The lowest BCUT2D eigenvalue weighted by molar-refractivity contribution is -0.118. The van der Waals surface area contributed by atoms with Gasteiger partial charge in [-0.25, -0.2) is 0 Å². The summed E-state index contributed by atoms with van der Waals surface area (Å²) in [5.41, 5.74) is 2.90. The van der Waals surface area contributed by atoms with Gasteiger partial charge in [-0.3, -0.25) is 4.79 Å². The van der Waals surface area contributed by atoms with E-state index in [-0.39, 0.29) is 17.9 Å². The van der Waals surface area contributed by atoms with Crippen LogP contribution in [-0.4, -0.2) is 37.3 Å². The van der Waals surface area contributed by atoms with Gasteiger partial charge >= 0.3 is 0 Å². The summed E-state index contributed by atoms with van der Waals surface area (Å²) < 4.78 is 11.4. The first-order valence-electron chi connectivity index (χ1n) is 13.6. The summed E-state index contributed by atoms with van der Waals surface area (Å²) in [6.45, 7) is 8.23. The number of benzene rings is 3. The van der Waals surface area contributed by atoms with Crippen molar-refractivity contribution in [1.82, 2.24) is 5.32 Å². The summed E-state index contributed by atoms with van der Waals surface area (Å²) in [7, 11) is 1.62. The van der Waals surface area contributed by atoms with E-state index in [1.54, 1.807) is 12.0 Å². The summed E-state index contributed by atoms with van der Waals surface area (Å²) in [4.78, 5) is 14.7. The molecule has 3 aromatic carbocycles. The average Bonchev–Trinajstić information content (AvgIpc) is 2.93. The molecule has 1 saturated heterocycles. The van der Waals surface area contributed by atoms with Crippen molar-refractivity contribution in [3.8, 4) is 11.5 Å². The fraction of sp³-hybridized carbons (Fsp3) is 0.406. The number of halogens is 1. The molecular weight excluding hydrogens is 512 g/mol. The average molecular weight is 551 g/mol. The van der Waals surface area contributed by atoms with Gasteiger partial charge in [0, 0.05) is 10.7 Å². The number of fused-ring (bicyclic) bond motifs is 1. The molecule has 0 radical (unpaired) electrons. The minimum Gasteiger partial charge on any atom is -0.493 e. The van der Waals surface area contributed by atoms with Gasteiger partial charge in [0.2, 0.25) is 5.91 Å². The van der Waals surface area contributed by atoms with Crippen molar-refractivity contribution in [2.75, 3.05) is 25.1 Å². The largest absolute Gasteiger partial charge is 0.493 e. The summed E-state index contributed by atoms with van der Waals surface area (Å²) >= 11 is 5.54. The van der Waals surface area contributed by atoms with E-state index in [0.717, 1.165) is 53.3 Å². The number of methoxy groups -OCH3 is 1. The summed E-state index contributed by atoms with van der Waals surface area (Å²) in [6, 6.07) is 21.2. The molecule has 5 rings (SSSR count). The van der Waals surface area contributed by atoms with Crippen LogP contribution in [0, 0.1) is 5.92 Å². The number of anilines is 1. The Morgan fingerprint density at radius 2 is 1.64 bits per heavy atom. The first kappa shape index (κ1) is 28.9. The van der Waals surface area contributed by atoms with Crippen molar-refractivity contribution in [2.24, 2.45) is 5.92 Å². The second-order valence-corrected chi connectivity index (χ2v) is 11.0. The van der Waals surface area contributed by atoms with Gasteiger partial charge < -0.3 is 24.8 Å². The quantitative estimate of drug-likeness (QED) is 0.387. The van der Waals surface area contributed by atoms with Crippen molar-refractivity contribution >= 4 is 23.2 Å². The number of hydrogen-bond acceptors (Lipinski definition) is 5. The number of rotatable bonds is 6. The topological polar surface area (TPSA) is 71.0 Å². The Morgan fingerprint density at radius 1 is 1.00 bits per heavy atom. The maximum absolute atomic E-state index is 12.9. The van der Waals surface area contributed by atoms with Gasteiger partial charge in [-0.1, -0.05) is 41.9 Å². The lowest BCUT2D eigenvalue weighted by atomic mass is 9.78. The highest BCUT2D eigenvalue weighted by Crippen LogP contribution is 2.38. The second-order valence-electron chi connectivity index (χ2n) is 10.6. The van der Waals surface area contributed by atoms with Crippen LogP contribution in [0.2, 0.25) is 5.02 Å². The first-order valence-corrected chi connectivity index (χ1v) is 14.0. The van der Waals surface area contributed by atoms with E-state index < -0.39 is 5.60 Å². The van der Waals surface area contributed by atoms with Crippen molar-refractivity contribution in [3.63, 3.8) is 0 Å². The lowest BCUT2D eigenvalue weighted by Crippen LogP contribution is -2.40. The lowest BCUT2D eigenvalue weighted by Gasteiger charge is -2.36. The van der Waals surface area contributed by atoms with Crippen LogP contribution in [0.4, 0.5) is 5.69 Å². The zero-order valence-corrected chi connectivity index (χ0v) is 24.0. The van der Waals surface area contributed by atoms with Crippen molar-refractivity contribution in [1.29, 1.82) is 0 Å². The Bertz CT molecular complexity index is 1240. The van der Waals surface area contributed by atoms with Crippen LogP contribution >= 0.6 is 11.6 Å². The molecule has 3 aromatic rings. The molecule has 1 amide bonds. The summed E-state index contributed by atoms with van der Waals surface area (Å²) in [5, 5.41) is 15.4.